The fraction of sp³-hybridized carbons (Fsp3) is 0.176. The van der Waals surface area contributed by atoms with Crippen LogP contribution in [0.15, 0.2) is 48.8 Å². The molecule has 1 N–H and O–H groups in total. The van der Waals surface area contributed by atoms with E-state index in [1.807, 2.05) is 31.2 Å². The van der Waals surface area contributed by atoms with Crippen LogP contribution in [0.4, 0.5) is 15.9 Å². The molecule has 0 radical (unpaired) electrons. The third kappa shape index (κ3) is 3.04. The van der Waals surface area contributed by atoms with E-state index in [-0.39, 0.29) is 5.82 Å². The molecule has 0 amide bonds. The standard InChI is InChI=1S/C17H16FN3O/c1-2-22-10-12-5-3-6-13(9-12)21-17-14-7-4-8-15(18)16(14)19-11-20-17/h3-9,11H,2,10H2,1H3,(H,19,20,21). The van der Waals surface area contributed by atoms with Crippen LogP contribution in [0.1, 0.15) is 12.5 Å². The van der Waals surface area contributed by atoms with Crippen LogP contribution in [0.2, 0.25) is 0 Å². The lowest BCUT2D eigenvalue weighted by Crippen LogP contribution is -1.98. The largest absolute Gasteiger partial charge is 0.377 e. The van der Waals surface area contributed by atoms with Crippen LogP contribution in [-0.4, -0.2) is 16.6 Å². The number of hydrogen-bond donors (Lipinski definition) is 1. The van der Waals surface area contributed by atoms with Crippen LogP contribution < -0.4 is 5.32 Å². The molecule has 0 saturated heterocycles. The van der Waals surface area contributed by atoms with Gasteiger partial charge in [-0.3, -0.25) is 0 Å². The average Bonchev–Trinajstić information content (AvgIpc) is 2.54. The Balaban J connectivity index is 1.92. The van der Waals surface area contributed by atoms with E-state index in [4.69, 9.17) is 4.74 Å². The van der Waals surface area contributed by atoms with Crippen molar-refractivity contribution in [2.75, 3.05) is 11.9 Å². The molecule has 0 aliphatic carbocycles. The summed E-state index contributed by atoms with van der Waals surface area (Å²) in [5.74, 6) is 0.228. The molecular formula is C17H16FN3O. The van der Waals surface area contributed by atoms with E-state index in [0.29, 0.717) is 29.9 Å². The van der Waals surface area contributed by atoms with Gasteiger partial charge >= 0.3 is 0 Å². The highest BCUT2D eigenvalue weighted by Crippen LogP contribution is 2.24. The normalized spacial score (nSPS) is 10.8. The van der Waals surface area contributed by atoms with Crippen molar-refractivity contribution in [3.63, 3.8) is 0 Å². The van der Waals surface area contributed by atoms with Crippen LogP contribution in [0, 0.1) is 5.82 Å². The van der Waals surface area contributed by atoms with E-state index < -0.39 is 0 Å². The van der Waals surface area contributed by atoms with Crippen LogP contribution in [0.5, 0.6) is 0 Å². The maximum absolute atomic E-state index is 13.8. The SMILES string of the molecule is CCOCc1cccc(Nc2ncnc3c(F)cccc23)c1. The molecule has 0 saturated carbocycles. The number of rotatable bonds is 5. The Labute approximate surface area is 128 Å². The van der Waals surface area contributed by atoms with E-state index in [2.05, 4.69) is 15.3 Å². The predicted octanol–water partition coefficient (Wildman–Crippen LogP) is 4.05. The Morgan fingerprint density at radius 3 is 2.86 bits per heavy atom. The topological polar surface area (TPSA) is 47.0 Å². The molecule has 0 aliphatic heterocycles. The van der Waals surface area contributed by atoms with Crippen molar-refractivity contribution in [1.29, 1.82) is 0 Å². The second-order valence-electron chi connectivity index (χ2n) is 4.82. The number of para-hydroxylation sites is 1. The van der Waals surface area contributed by atoms with Crippen LogP contribution in [0.3, 0.4) is 0 Å². The Morgan fingerprint density at radius 2 is 2.00 bits per heavy atom. The summed E-state index contributed by atoms with van der Waals surface area (Å²) in [6.07, 6.45) is 1.36. The predicted molar refractivity (Wildman–Crippen MR) is 84.6 cm³/mol. The number of nitrogens with one attached hydrogen (secondary N) is 1. The first-order valence-electron chi connectivity index (χ1n) is 7.11. The van der Waals surface area contributed by atoms with Gasteiger partial charge in [0.1, 0.15) is 23.5 Å². The minimum absolute atomic E-state index is 0.311. The molecule has 2 aromatic carbocycles. The summed E-state index contributed by atoms with van der Waals surface area (Å²) in [7, 11) is 0. The highest BCUT2D eigenvalue weighted by molar-refractivity contribution is 5.90. The van der Waals surface area contributed by atoms with E-state index in [9.17, 15) is 4.39 Å². The van der Waals surface area contributed by atoms with E-state index >= 15 is 0 Å². The molecule has 5 heteroatoms. The Morgan fingerprint density at radius 1 is 1.14 bits per heavy atom. The Bertz CT molecular complexity index is 792. The van der Waals surface area contributed by atoms with Gasteiger partial charge in [-0.15, -0.1) is 0 Å². The maximum atomic E-state index is 13.8. The zero-order chi connectivity index (χ0) is 15.4. The second kappa shape index (κ2) is 6.49. The van der Waals surface area contributed by atoms with Crippen molar-refractivity contribution in [3.05, 3.63) is 60.2 Å². The lowest BCUT2D eigenvalue weighted by molar-refractivity contribution is 0.134. The molecule has 1 aromatic heterocycles. The molecule has 112 valence electrons. The number of benzene rings is 2. The molecular weight excluding hydrogens is 281 g/mol. The minimum Gasteiger partial charge on any atom is -0.377 e. The molecule has 0 spiro atoms. The quantitative estimate of drug-likeness (QED) is 0.772. The molecule has 0 unspecified atom stereocenters. The highest BCUT2D eigenvalue weighted by atomic mass is 19.1. The monoisotopic (exact) mass is 297 g/mol. The average molecular weight is 297 g/mol. The van der Waals surface area contributed by atoms with Gasteiger partial charge in [-0.25, -0.2) is 14.4 Å². The number of halogens is 1. The van der Waals surface area contributed by atoms with Crippen LogP contribution in [-0.2, 0) is 11.3 Å². The highest BCUT2D eigenvalue weighted by Gasteiger charge is 2.07. The van der Waals surface area contributed by atoms with Gasteiger partial charge < -0.3 is 10.1 Å². The zero-order valence-corrected chi connectivity index (χ0v) is 12.2. The summed E-state index contributed by atoms with van der Waals surface area (Å²) >= 11 is 0. The lowest BCUT2D eigenvalue weighted by atomic mass is 10.2. The number of aromatic nitrogens is 2. The van der Waals surface area contributed by atoms with Gasteiger partial charge in [0.15, 0.2) is 0 Å². The fourth-order valence-electron chi connectivity index (χ4n) is 2.25. The van der Waals surface area contributed by atoms with Gasteiger partial charge in [0.05, 0.1) is 6.61 Å². The maximum Gasteiger partial charge on any atom is 0.149 e. The van der Waals surface area contributed by atoms with Gasteiger partial charge in [-0.2, -0.15) is 0 Å². The molecule has 3 aromatic rings. The third-order valence-corrected chi connectivity index (χ3v) is 3.28. The molecule has 0 aliphatic rings. The summed E-state index contributed by atoms with van der Waals surface area (Å²) in [5.41, 5.74) is 2.25. The summed E-state index contributed by atoms with van der Waals surface area (Å²) < 4.78 is 19.2. The molecule has 0 bridgehead atoms. The Hall–Kier alpha value is -2.53. The summed E-state index contributed by atoms with van der Waals surface area (Å²) in [5, 5.41) is 3.87. The molecule has 4 nitrogen and oxygen atoms in total. The van der Waals surface area contributed by atoms with Gasteiger partial charge in [-0.05, 0) is 36.8 Å². The zero-order valence-electron chi connectivity index (χ0n) is 12.2. The van der Waals surface area contributed by atoms with Gasteiger partial charge in [0.25, 0.3) is 0 Å². The molecule has 22 heavy (non-hydrogen) atoms. The van der Waals surface area contributed by atoms with Gasteiger partial charge in [-0.1, -0.05) is 18.2 Å². The van der Waals surface area contributed by atoms with Gasteiger partial charge in [0, 0.05) is 17.7 Å². The first kappa shape index (κ1) is 14.4. The number of ether oxygens (including phenoxy) is 1. The number of hydrogen-bond acceptors (Lipinski definition) is 4. The number of anilines is 2. The second-order valence-corrected chi connectivity index (χ2v) is 4.82. The van der Waals surface area contributed by atoms with Crippen LogP contribution >= 0.6 is 0 Å². The summed E-state index contributed by atoms with van der Waals surface area (Å²) in [6, 6.07) is 12.7. The van der Waals surface area contributed by atoms with Crippen molar-refractivity contribution in [1.82, 2.24) is 9.97 Å². The number of fused-ring (bicyclic) bond motifs is 1. The Kier molecular flexibility index (Phi) is 4.25. The van der Waals surface area contributed by atoms with Crippen molar-refractivity contribution < 1.29 is 9.13 Å². The fourth-order valence-corrected chi connectivity index (χ4v) is 2.25. The third-order valence-electron chi connectivity index (χ3n) is 3.28. The van der Waals surface area contributed by atoms with Crippen LogP contribution in [0.25, 0.3) is 10.9 Å². The molecule has 3 rings (SSSR count). The van der Waals surface area contributed by atoms with Crippen molar-refractivity contribution >= 4 is 22.4 Å². The van der Waals surface area contributed by atoms with E-state index in [1.54, 1.807) is 12.1 Å². The summed E-state index contributed by atoms with van der Waals surface area (Å²) in [4.78, 5) is 8.21. The van der Waals surface area contributed by atoms with Crippen molar-refractivity contribution in [3.8, 4) is 0 Å². The van der Waals surface area contributed by atoms with E-state index in [1.165, 1.54) is 12.4 Å². The summed E-state index contributed by atoms with van der Waals surface area (Å²) in [6.45, 7) is 3.20. The minimum atomic E-state index is -0.354. The first-order chi connectivity index (χ1) is 10.8. The van der Waals surface area contributed by atoms with Crippen molar-refractivity contribution in [2.45, 2.75) is 13.5 Å². The number of nitrogens with zero attached hydrogens (tertiary/aromatic N) is 2. The molecule has 0 fully saturated rings. The van der Waals surface area contributed by atoms with E-state index in [0.717, 1.165) is 11.3 Å². The first-order valence-corrected chi connectivity index (χ1v) is 7.11. The molecule has 0 atom stereocenters. The lowest BCUT2D eigenvalue weighted by Gasteiger charge is -2.10. The molecule has 1 heterocycles. The smallest absolute Gasteiger partial charge is 0.149 e. The van der Waals surface area contributed by atoms with Gasteiger partial charge in [0.2, 0.25) is 0 Å². The van der Waals surface area contributed by atoms with Crippen molar-refractivity contribution in [2.24, 2.45) is 0 Å².